The fraction of sp³-hybridized carbons (Fsp3) is 0.440. The summed E-state index contributed by atoms with van der Waals surface area (Å²) in [5.74, 6) is 1.12. The maximum absolute atomic E-state index is 6.50. The average molecular weight is 451 g/mol. The second-order valence-electron chi connectivity index (χ2n) is 9.04. The van der Waals surface area contributed by atoms with Crippen LogP contribution in [0, 0.1) is 5.92 Å². The highest BCUT2D eigenvalue weighted by Gasteiger charge is 2.26. The van der Waals surface area contributed by atoms with Gasteiger partial charge in [-0.2, -0.15) is 0 Å². The Morgan fingerprint density at radius 1 is 1.09 bits per heavy atom. The third-order valence-electron chi connectivity index (χ3n) is 6.82. The third kappa shape index (κ3) is 4.62. The van der Waals surface area contributed by atoms with Gasteiger partial charge in [-0.1, -0.05) is 42.8 Å². The van der Waals surface area contributed by atoms with E-state index in [2.05, 4.69) is 44.6 Å². The Kier molecular flexibility index (Phi) is 6.32. The summed E-state index contributed by atoms with van der Waals surface area (Å²) in [4.78, 5) is 12.6. The van der Waals surface area contributed by atoms with E-state index >= 15 is 0 Å². The zero-order valence-electron chi connectivity index (χ0n) is 18.3. The van der Waals surface area contributed by atoms with Gasteiger partial charge in [0.15, 0.2) is 0 Å². The van der Waals surface area contributed by atoms with Crippen molar-refractivity contribution < 1.29 is 0 Å². The van der Waals surface area contributed by atoms with Crippen LogP contribution >= 0.6 is 11.6 Å². The number of halogens is 1. The maximum atomic E-state index is 6.50. The molecule has 1 aliphatic carbocycles. The number of fused-ring (bicyclic) bond motifs is 1. The van der Waals surface area contributed by atoms with E-state index < -0.39 is 0 Å². The molecule has 1 aromatic carbocycles. The van der Waals surface area contributed by atoms with E-state index in [0.717, 1.165) is 48.1 Å². The van der Waals surface area contributed by atoms with Gasteiger partial charge in [-0.15, -0.1) is 0 Å². The molecule has 2 atom stereocenters. The number of nitrogens with one attached hydrogen (secondary N) is 4. The van der Waals surface area contributed by atoms with Crippen LogP contribution in [0.25, 0.3) is 22.2 Å². The molecule has 2 aliphatic rings. The van der Waals surface area contributed by atoms with Crippen molar-refractivity contribution in [3.05, 3.63) is 54.0 Å². The molecule has 0 spiro atoms. The average Bonchev–Trinajstić information content (AvgIpc) is 3.25. The van der Waals surface area contributed by atoms with Crippen molar-refractivity contribution in [1.82, 2.24) is 25.6 Å². The van der Waals surface area contributed by atoms with Crippen LogP contribution in [0.5, 0.6) is 0 Å². The first-order chi connectivity index (χ1) is 15.7. The van der Waals surface area contributed by atoms with Gasteiger partial charge in [0, 0.05) is 40.4 Å². The smallest absolute Gasteiger partial charge is 0.223 e. The van der Waals surface area contributed by atoms with Gasteiger partial charge in [0.1, 0.15) is 0 Å². The Morgan fingerprint density at radius 3 is 2.81 bits per heavy atom. The number of hydrogen-bond acceptors (Lipinski definition) is 5. The van der Waals surface area contributed by atoms with Crippen molar-refractivity contribution in [2.75, 3.05) is 18.4 Å². The minimum absolute atomic E-state index is 0.331. The van der Waals surface area contributed by atoms with Crippen molar-refractivity contribution in [1.29, 1.82) is 0 Å². The molecule has 1 saturated carbocycles. The summed E-state index contributed by atoms with van der Waals surface area (Å²) in [5, 5.41) is 12.4. The van der Waals surface area contributed by atoms with Crippen LogP contribution in [0.15, 0.2) is 48.9 Å². The molecule has 3 aromatic rings. The zero-order chi connectivity index (χ0) is 21.9. The maximum Gasteiger partial charge on any atom is 0.223 e. The number of benzene rings is 1. The van der Waals surface area contributed by atoms with Crippen LogP contribution in [-0.2, 0) is 0 Å². The molecule has 4 N–H and O–H groups in total. The predicted molar refractivity (Wildman–Crippen MR) is 132 cm³/mol. The van der Waals surface area contributed by atoms with E-state index in [1.54, 1.807) is 6.20 Å². The van der Waals surface area contributed by atoms with Crippen LogP contribution < -0.4 is 16.0 Å². The molecule has 3 heterocycles. The number of hydrogen-bond donors (Lipinski definition) is 4. The first-order valence-electron chi connectivity index (χ1n) is 11.7. The Labute approximate surface area is 194 Å². The summed E-state index contributed by atoms with van der Waals surface area (Å²) in [5.41, 5.74) is 4.02. The predicted octanol–water partition coefficient (Wildman–Crippen LogP) is 5.10. The first kappa shape index (κ1) is 21.3. The molecule has 7 heteroatoms. The van der Waals surface area contributed by atoms with Gasteiger partial charge in [0.25, 0.3) is 0 Å². The Morgan fingerprint density at radius 2 is 1.94 bits per heavy atom. The molecule has 32 heavy (non-hydrogen) atoms. The number of aromatic nitrogens is 3. The van der Waals surface area contributed by atoms with E-state index in [-0.39, 0.29) is 0 Å². The Balaban J connectivity index is 1.28. The minimum atomic E-state index is 0.331. The molecule has 0 bridgehead atoms. The van der Waals surface area contributed by atoms with Crippen LogP contribution in [-0.4, -0.2) is 40.1 Å². The van der Waals surface area contributed by atoms with Gasteiger partial charge in [-0.05, 0) is 57.2 Å². The molecule has 2 aromatic heterocycles. The highest BCUT2D eigenvalue weighted by molar-refractivity contribution is 6.33. The number of rotatable bonds is 6. The lowest BCUT2D eigenvalue weighted by Gasteiger charge is -2.34. The number of allylic oxidation sites excluding steroid dienone is 1. The number of piperidine rings is 1. The summed E-state index contributed by atoms with van der Waals surface area (Å²) >= 11 is 6.50. The van der Waals surface area contributed by atoms with Crippen LogP contribution in [0.3, 0.4) is 0 Å². The number of aromatic amines is 1. The number of anilines is 1. The number of para-hydroxylation sites is 1. The molecule has 1 aliphatic heterocycles. The van der Waals surface area contributed by atoms with E-state index in [1.165, 1.54) is 31.4 Å². The molecule has 0 unspecified atom stereocenters. The number of nitrogens with zero attached hydrogens (tertiary/aromatic N) is 2. The topological polar surface area (TPSA) is 77.7 Å². The second kappa shape index (κ2) is 9.51. The monoisotopic (exact) mass is 450 g/mol. The van der Waals surface area contributed by atoms with E-state index in [1.807, 2.05) is 18.3 Å². The molecular weight excluding hydrogens is 420 g/mol. The lowest BCUT2D eigenvalue weighted by Crippen LogP contribution is -2.41. The van der Waals surface area contributed by atoms with Gasteiger partial charge >= 0.3 is 0 Å². The minimum Gasteiger partial charge on any atom is -0.386 e. The van der Waals surface area contributed by atoms with Crippen molar-refractivity contribution in [2.24, 2.45) is 5.92 Å². The first-order valence-corrected chi connectivity index (χ1v) is 12.1. The Bertz CT molecular complexity index is 1090. The molecule has 168 valence electrons. The molecule has 6 nitrogen and oxygen atoms in total. The number of H-pyrrole nitrogens is 1. The van der Waals surface area contributed by atoms with Gasteiger partial charge < -0.3 is 20.9 Å². The van der Waals surface area contributed by atoms with Gasteiger partial charge in [0.2, 0.25) is 5.95 Å². The van der Waals surface area contributed by atoms with Gasteiger partial charge in [0.05, 0.1) is 16.9 Å². The van der Waals surface area contributed by atoms with Crippen LogP contribution in [0.1, 0.15) is 38.5 Å². The van der Waals surface area contributed by atoms with Gasteiger partial charge in [-0.3, -0.25) is 0 Å². The molecular formula is C25H31ClN6. The van der Waals surface area contributed by atoms with Gasteiger partial charge in [-0.25, -0.2) is 9.97 Å². The van der Waals surface area contributed by atoms with E-state index in [4.69, 9.17) is 16.6 Å². The second-order valence-corrected chi connectivity index (χ2v) is 9.44. The normalized spacial score (nSPS) is 22.0. The summed E-state index contributed by atoms with van der Waals surface area (Å²) in [6.45, 7) is 6.57. The van der Waals surface area contributed by atoms with Crippen molar-refractivity contribution in [2.45, 2.75) is 50.6 Å². The zero-order valence-corrected chi connectivity index (χ0v) is 19.1. The van der Waals surface area contributed by atoms with Crippen LogP contribution in [0.4, 0.5) is 5.95 Å². The van der Waals surface area contributed by atoms with Crippen molar-refractivity contribution in [3.63, 3.8) is 0 Å². The quantitative estimate of drug-likeness (QED) is 0.420. The summed E-state index contributed by atoms with van der Waals surface area (Å²) in [6, 6.07) is 9.07. The molecule has 2 fully saturated rings. The largest absolute Gasteiger partial charge is 0.386 e. The highest BCUT2D eigenvalue weighted by atomic mass is 35.5. The molecule has 1 saturated heterocycles. The molecule has 0 amide bonds. The lowest BCUT2D eigenvalue weighted by molar-refractivity contribution is 0.335. The Hall–Kier alpha value is -2.57. The standard InChI is InChI=1S/C25H31ClN6/c1-16(30-18-9-11-27-12-10-18)17-5-4-6-19(13-17)31-25-29-15-22(26)24(32-25)21-14-28-23-8-3-2-7-20(21)23/h2-3,7-8,14-15,17-19,27-28,30H,1,4-6,9-13H2,(H,29,31,32)/t17-,19+/m0/s1. The third-order valence-corrected chi connectivity index (χ3v) is 7.09. The van der Waals surface area contributed by atoms with E-state index in [0.29, 0.717) is 29.0 Å². The van der Waals surface area contributed by atoms with Crippen molar-refractivity contribution >= 4 is 28.5 Å². The van der Waals surface area contributed by atoms with Crippen LogP contribution in [0.2, 0.25) is 5.02 Å². The fourth-order valence-corrected chi connectivity index (χ4v) is 5.25. The van der Waals surface area contributed by atoms with Crippen molar-refractivity contribution in [3.8, 4) is 11.3 Å². The molecule has 5 rings (SSSR count). The summed E-state index contributed by atoms with van der Waals surface area (Å²) in [6.07, 6.45) is 10.5. The SMILES string of the molecule is C=C(NC1CCNCC1)[C@H]1CCC[C@@H](Nc2ncc(Cl)c(-c3c[nH]c4ccccc34)n2)C1. The lowest BCUT2D eigenvalue weighted by atomic mass is 9.83. The van der Waals surface area contributed by atoms with E-state index in [9.17, 15) is 0 Å². The highest BCUT2D eigenvalue weighted by Crippen LogP contribution is 2.34. The summed E-state index contributed by atoms with van der Waals surface area (Å²) < 4.78 is 0. The molecule has 0 radical (unpaired) electrons. The summed E-state index contributed by atoms with van der Waals surface area (Å²) in [7, 11) is 0. The fourth-order valence-electron chi connectivity index (χ4n) is 5.06.